The molecule has 0 aliphatic carbocycles. The summed E-state index contributed by atoms with van der Waals surface area (Å²) in [4.78, 5) is 11.2. The number of nitrogens with one attached hydrogen (secondary N) is 1. The van der Waals surface area contributed by atoms with Gasteiger partial charge in [-0.25, -0.2) is 0 Å². The van der Waals surface area contributed by atoms with Crippen LogP contribution in [0.5, 0.6) is 0 Å². The van der Waals surface area contributed by atoms with Gasteiger partial charge in [0, 0.05) is 13.7 Å². The summed E-state index contributed by atoms with van der Waals surface area (Å²) in [6.45, 7) is 6.58. The lowest BCUT2D eigenvalue weighted by Gasteiger charge is -2.21. The Morgan fingerprint density at radius 2 is 2.08 bits per heavy atom. The van der Waals surface area contributed by atoms with Gasteiger partial charge in [-0.05, 0) is 20.3 Å². The third-order valence-electron chi connectivity index (χ3n) is 1.71. The molecule has 1 N–H and O–H groups in total. The topological polar surface area (TPSA) is 38.3 Å². The van der Waals surface area contributed by atoms with Crippen LogP contribution >= 0.6 is 0 Å². The summed E-state index contributed by atoms with van der Waals surface area (Å²) in [6.07, 6.45) is 1.39. The number of rotatable bonds is 5. The molecular weight excluding hydrogens is 154 g/mol. The van der Waals surface area contributed by atoms with Crippen LogP contribution in [0.3, 0.4) is 0 Å². The third-order valence-corrected chi connectivity index (χ3v) is 1.71. The normalized spacial score (nSPS) is 11.3. The molecule has 0 saturated carbocycles. The maximum absolute atomic E-state index is 11.2. The fraction of sp³-hybridized carbons (Fsp3) is 0.889. The molecule has 3 heteroatoms. The zero-order valence-electron chi connectivity index (χ0n) is 8.44. The number of carbonyl (C=O) groups excluding carboxylic acids is 1. The van der Waals surface area contributed by atoms with Gasteiger partial charge in [0.2, 0.25) is 5.91 Å². The van der Waals surface area contributed by atoms with Crippen molar-refractivity contribution in [2.75, 3.05) is 13.7 Å². The Bertz CT molecular complexity index is 143. The van der Waals surface area contributed by atoms with Crippen LogP contribution in [0.1, 0.15) is 33.6 Å². The van der Waals surface area contributed by atoms with Crippen molar-refractivity contribution >= 4 is 5.91 Å². The van der Waals surface area contributed by atoms with Crippen LogP contribution < -0.4 is 5.32 Å². The van der Waals surface area contributed by atoms with E-state index >= 15 is 0 Å². The van der Waals surface area contributed by atoms with E-state index in [1.807, 2.05) is 20.8 Å². The Morgan fingerprint density at radius 1 is 1.50 bits per heavy atom. The van der Waals surface area contributed by atoms with Crippen LogP contribution in [0.4, 0.5) is 0 Å². The molecule has 0 aliphatic rings. The fourth-order valence-electron chi connectivity index (χ4n) is 0.786. The van der Waals surface area contributed by atoms with Crippen LogP contribution in [-0.2, 0) is 9.53 Å². The molecule has 0 atom stereocenters. The first-order valence-electron chi connectivity index (χ1n) is 4.33. The summed E-state index contributed by atoms with van der Waals surface area (Å²) < 4.78 is 5.13. The van der Waals surface area contributed by atoms with Crippen molar-refractivity contribution in [3.05, 3.63) is 0 Å². The summed E-state index contributed by atoms with van der Waals surface area (Å²) in [5.41, 5.74) is -0.349. The highest BCUT2D eigenvalue weighted by molar-refractivity contribution is 5.76. The zero-order valence-corrected chi connectivity index (χ0v) is 8.44. The molecule has 0 unspecified atom stereocenters. The largest absolute Gasteiger partial charge is 0.378 e. The number of hydrogen-bond donors (Lipinski definition) is 1. The molecule has 0 aromatic heterocycles. The Labute approximate surface area is 74.5 Å². The highest BCUT2D eigenvalue weighted by Crippen LogP contribution is 2.11. The van der Waals surface area contributed by atoms with E-state index in [-0.39, 0.29) is 11.5 Å². The Morgan fingerprint density at radius 3 is 2.50 bits per heavy atom. The first-order chi connectivity index (χ1) is 5.52. The van der Waals surface area contributed by atoms with Crippen LogP contribution in [0.2, 0.25) is 0 Å². The predicted molar refractivity (Wildman–Crippen MR) is 49.0 cm³/mol. The second-order valence-corrected chi connectivity index (χ2v) is 3.49. The molecule has 0 aliphatic heterocycles. The Balaban J connectivity index is 3.68. The second-order valence-electron chi connectivity index (χ2n) is 3.49. The van der Waals surface area contributed by atoms with E-state index < -0.39 is 0 Å². The molecule has 0 bridgehead atoms. The summed E-state index contributed by atoms with van der Waals surface area (Å²) in [6, 6.07) is 0. The molecule has 0 saturated heterocycles. The molecule has 0 heterocycles. The van der Waals surface area contributed by atoms with Crippen LogP contribution in [-0.4, -0.2) is 25.2 Å². The van der Waals surface area contributed by atoms with E-state index in [2.05, 4.69) is 5.32 Å². The molecule has 0 radical (unpaired) electrons. The van der Waals surface area contributed by atoms with Gasteiger partial charge in [0.15, 0.2) is 0 Å². The lowest BCUT2D eigenvalue weighted by Crippen LogP contribution is -2.33. The summed E-state index contributed by atoms with van der Waals surface area (Å²) in [7, 11) is 1.62. The average molecular weight is 173 g/mol. The van der Waals surface area contributed by atoms with Gasteiger partial charge in [-0.15, -0.1) is 0 Å². The zero-order chi connectivity index (χ0) is 9.61. The number of ether oxygens (including phenoxy) is 1. The van der Waals surface area contributed by atoms with E-state index in [9.17, 15) is 4.79 Å². The lowest BCUT2D eigenvalue weighted by molar-refractivity contribution is -0.126. The minimum absolute atomic E-state index is 0.0590. The summed E-state index contributed by atoms with van der Waals surface area (Å²) in [5.74, 6) is 0.0590. The Kier molecular flexibility index (Phi) is 4.90. The van der Waals surface area contributed by atoms with Crippen molar-refractivity contribution < 1.29 is 9.53 Å². The van der Waals surface area contributed by atoms with Gasteiger partial charge in [0.25, 0.3) is 0 Å². The van der Waals surface area contributed by atoms with Crippen LogP contribution in [0.15, 0.2) is 0 Å². The predicted octanol–water partition coefficient (Wildman–Crippen LogP) is 1.33. The Hall–Kier alpha value is -0.570. The molecule has 0 spiro atoms. The molecule has 0 aromatic rings. The van der Waals surface area contributed by atoms with Gasteiger partial charge in [-0.1, -0.05) is 6.92 Å². The molecule has 12 heavy (non-hydrogen) atoms. The van der Waals surface area contributed by atoms with Crippen LogP contribution in [0.25, 0.3) is 0 Å². The standard InChI is InChI=1S/C9H19NO2/c1-5-6-10-8(11)7-9(2,3)12-4/h5-7H2,1-4H3,(H,10,11). The number of carbonyl (C=O) groups is 1. The van der Waals surface area contributed by atoms with Gasteiger partial charge in [0.1, 0.15) is 0 Å². The van der Waals surface area contributed by atoms with E-state index in [1.165, 1.54) is 0 Å². The van der Waals surface area contributed by atoms with E-state index in [4.69, 9.17) is 4.74 Å². The minimum Gasteiger partial charge on any atom is -0.378 e. The van der Waals surface area contributed by atoms with E-state index in [0.717, 1.165) is 13.0 Å². The highest BCUT2D eigenvalue weighted by atomic mass is 16.5. The van der Waals surface area contributed by atoms with Gasteiger partial charge in [-0.2, -0.15) is 0 Å². The third kappa shape index (κ3) is 5.13. The molecule has 0 fully saturated rings. The molecule has 72 valence electrons. The molecule has 3 nitrogen and oxygen atoms in total. The molecule has 1 amide bonds. The molecular formula is C9H19NO2. The van der Waals surface area contributed by atoms with Gasteiger partial charge < -0.3 is 10.1 Å². The molecule has 0 rings (SSSR count). The SMILES string of the molecule is CCCNC(=O)CC(C)(C)OC. The smallest absolute Gasteiger partial charge is 0.222 e. The monoisotopic (exact) mass is 173 g/mol. The molecule has 0 aromatic carbocycles. The number of hydrogen-bond acceptors (Lipinski definition) is 2. The average Bonchev–Trinajstić information content (AvgIpc) is 2.00. The first-order valence-corrected chi connectivity index (χ1v) is 4.33. The van der Waals surface area contributed by atoms with Crippen LogP contribution in [0, 0.1) is 0 Å². The highest BCUT2D eigenvalue weighted by Gasteiger charge is 2.20. The summed E-state index contributed by atoms with van der Waals surface area (Å²) in [5, 5.41) is 2.80. The van der Waals surface area contributed by atoms with Crippen molar-refractivity contribution in [3.8, 4) is 0 Å². The van der Waals surface area contributed by atoms with E-state index in [0.29, 0.717) is 6.42 Å². The van der Waals surface area contributed by atoms with Gasteiger partial charge in [0.05, 0.1) is 12.0 Å². The fourth-order valence-corrected chi connectivity index (χ4v) is 0.786. The van der Waals surface area contributed by atoms with Crippen molar-refractivity contribution in [1.29, 1.82) is 0 Å². The quantitative estimate of drug-likeness (QED) is 0.681. The number of methoxy groups -OCH3 is 1. The van der Waals surface area contributed by atoms with Crippen molar-refractivity contribution in [2.24, 2.45) is 0 Å². The van der Waals surface area contributed by atoms with Gasteiger partial charge in [-0.3, -0.25) is 4.79 Å². The lowest BCUT2D eigenvalue weighted by atomic mass is 10.1. The first kappa shape index (κ1) is 11.4. The van der Waals surface area contributed by atoms with Crippen molar-refractivity contribution in [1.82, 2.24) is 5.32 Å². The maximum Gasteiger partial charge on any atom is 0.222 e. The maximum atomic E-state index is 11.2. The second kappa shape index (κ2) is 5.14. The van der Waals surface area contributed by atoms with E-state index in [1.54, 1.807) is 7.11 Å². The van der Waals surface area contributed by atoms with Crippen molar-refractivity contribution in [3.63, 3.8) is 0 Å². The minimum atomic E-state index is -0.349. The summed E-state index contributed by atoms with van der Waals surface area (Å²) >= 11 is 0. The van der Waals surface area contributed by atoms with Crippen molar-refractivity contribution in [2.45, 2.75) is 39.2 Å². The number of amides is 1. The van der Waals surface area contributed by atoms with Gasteiger partial charge >= 0.3 is 0 Å².